The molecule has 0 bridgehead atoms. The van der Waals surface area contributed by atoms with Gasteiger partial charge in [-0.1, -0.05) is 32.1 Å². The fraction of sp³-hybridized carbons (Fsp3) is 0.889. The van der Waals surface area contributed by atoms with Crippen LogP contribution in [0.15, 0.2) is 0 Å². The van der Waals surface area contributed by atoms with Crippen molar-refractivity contribution in [3.63, 3.8) is 0 Å². The van der Waals surface area contributed by atoms with Crippen molar-refractivity contribution in [1.29, 1.82) is 0 Å². The standard InChI is InChI=1S/C18H28N2O3/c21-16(15-10-18(11-15)12-23-17(22)19-18)20-8-6-14(7-9-20)13-4-2-1-3-5-13/h13-15H,1-12H2,(H,19,22)/t15-,18+. The SMILES string of the molecule is O=C1N[C@]2(CO1)C[C@H](C(=O)N1CCC(C3CCCCC3)CC1)C2. The lowest BCUT2D eigenvalue weighted by Crippen LogP contribution is -2.58. The molecule has 4 aliphatic rings. The molecular formula is C18H28N2O3. The van der Waals surface area contributed by atoms with Crippen molar-refractivity contribution in [2.45, 2.75) is 63.3 Å². The van der Waals surface area contributed by atoms with Gasteiger partial charge in [-0.2, -0.15) is 0 Å². The van der Waals surface area contributed by atoms with Gasteiger partial charge in [0.1, 0.15) is 6.61 Å². The van der Waals surface area contributed by atoms with Gasteiger partial charge in [-0.3, -0.25) is 4.79 Å². The van der Waals surface area contributed by atoms with E-state index >= 15 is 0 Å². The Labute approximate surface area is 138 Å². The highest BCUT2D eigenvalue weighted by atomic mass is 16.6. The molecule has 4 rings (SSSR count). The zero-order valence-corrected chi connectivity index (χ0v) is 13.9. The van der Waals surface area contributed by atoms with Gasteiger partial charge in [0.15, 0.2) is 0 Å². The number of amides is 2. The molecule has 128 valence electrons. The van der Waals surface area contributed by atoms with Gasteiger partial charge in [0.05, 0.1) is 5.54 Å². The van der Waals surface area contributed by atoms with Crippen molar-refractivity contribution in [3.8, 4) is 0 Å². The second kappa shape index (κ2) is 5.99. The average molecular weight is 320 g/mol. The summed E-state index contributed by atoms with van der Waals surface area (Å²) in [5.74, 6) is 2.15. The van der Waals surface area contributed by atoms with Crippen LogP contribution >= 0.6 is 0 Å². The molecule has 0 aromatic heterocycles. The third-order valence-corrected chi connectivity index (χ3v) is 6.64. The summed E-state index contributed by atoms with van der Waals surface area (Å²) in [6, 6.07) is 0. The molecule has 0 unspecified atom stereocenters. The summed E-state index contributed by atoms with van der Waals surface area (Å²) in [4.78, 5) is 25.9. The molecule has 2 heterocycles. The van der Waals surface area contributed by atoms with Crippen LogP contribution in [0.3, 0.4) is 0 Å². The summed E-state index contributed by atoms with van der Waals surface area (Å²) in [7, 11) is 0. The van der Waals surface area contributed by atoms with Gasteiger partial charge in [0.25, 0.3) is 0 Å². The van der Waals surface area contributed by atoms with Crippen LogP contribution in [-0.2, 0) is 9.53 Å². The van der Waals surface area contributed by atoms with Crippen molar-refractivity contribution in [2.75, 3.05) is 19.7 Å². The number of nitrogens with zero attached hydrogens (tertiary/aromatic N) is 1. The van der Waals surface area contributed by atoms with Crippen LogP contribution in [0.1, 0.15) is 57.8 Å². The van der Waals surface area contributed by atoms with Gasteiger partial charge in [0, 0.05) is 19.0 Å². The molecule has 0 aromatic carbocycles. The maximum Gasteiger partial charge on any atom is 0.407 e. The van der Waals surface area contributed by atoms with Crippen molar-refractivity contribution in [2.24, 2.45) is 17.8 Å². The van der Waals surface area contributed by atoms with Gasteiger partial charge >= 0.3 is 6.09 Å². The number of piperidine rings is 1. The lowest BCUT2D eigenvalue weighted by Gasteiger charge is -2.45. The Balaban J connectivity index is 1.24. The number of alkyl carbamates (subject to hydrolysis) is 1. The van der Waals surface area contributed by atoms with Crippen LogP contribution in [0.2, 0.25) is 0 Å². The average Bonchev–Trinajstić information content (AvgIpc) is 2.96. The number of likely N-dealkylation sites (tertiary alicyclic amines) is 1. The number of hydrogen-bond donors (Lipinski definition) is 1. The van der Waals surface area contributed by atoms with Gasteiger partial charge in [-0.25, -0.2) is 4.79 Å². The minimum Gasteiger partial charge on any atom is -0.447 e. The Bertz CT molecular complexity index is 473. The minimum atomic E-state index is -0.329. The second-order valence-electron chi connectivity index (χ2n) is 8.15. The molecule has 2 aliphatic heterocycles. The molecule has 2 aliphatic carbocycles. The van der Waals surface area contributed by atoms with Gasteiger partial charge in [-0.05, 0) is 37.5 Å². The molecule has 1 N–H and O–H groups in total. The highest BCUT2D eigenvalue weighted by molar-refractivity contribution is 5.81. The Kier molecular flexibility index (Phi) is 3.98. The lowest BCUT2D eigenvalue weighted by atomic mass is 9.68. The highest BCUT2D eigenvalue weighted by Crippen LogP contribution is 2.42. The number of ether oxygens (including phenoxy) is 1. The number of cyclic esters (lactones) is 1. The molecule has 5 heteroatoms. The third kappa shape index (κ3) is 2.94. The van der Waals surface area contributed by atoms with E-state index in [1.54, 1.807) is 0 Å². The quantitative estimate of drug-likeness (QED) is 0.851. The summed E-state index contributed by atoms with van der Waals surface area (Å²) in [6.45, 7) is 2.30. The molecule has 4 fully saturated rings. The first-order chi connectivity index (χ1) is 11.2. The molecular weight excluding hydrogens is 292 g/mol. The number of rotatable bonds is 2. The van der Waals surface area contributed by atoms with E-state index in [1.807, 2.05) is 0 Å². The molecule has 2 saturated carbocycles. The van der Waals surface area contributed by atoms with Crippen LogP contribution in [0.25, 0.3) is 0 Å². The van der Waals surface area contributed by atoms with Gasteiger partial charge < -0.3 is 15.0 Å². The van der Waals surface area contributed by atoms with Crippen molar-refractivity contribution < 1.29 is 14.3 Å². The number of hydrogen-bond acceptors (Lipinski definition) is 3. The Morgan fingerprint density at radius 2 is 1.70 bits per heavy atom. The van der Waals surface area contributed by atoms with E-state index in [9.17, 15) is 9.59 Å². The first kappa shape index (κ1) is 15.3. The minimum absolute atomic E-state index is 0.0863. The first-order valence-electron chi connectivity index (χ1n) is 9.39. The zero-order chi connectivity index (χ0) is 15.9. The Hall–Kier alpha value is -1.26. The summed E-state index contributed by atoms with van der Waals surface area (Å²) in [6.07, 6.45) is 10.6. The highest BCUT2D eigenvalue weighted by Gasteiger charge is 2.53. The third-order valence-electron chi connectivity index (χ3n) is 6.64. The van der Waals surface area contributed by atoms with E-state index in [4.69, 9.17) is 4.74 Å². The maximum atomic E-state index is 12.7. The largest absolute Gasteiger partial charge is 0.447 e. The van der Waals surface area contributed by atoms with Crippen LogP contribution in [0, 0.1) is 17.8 Å². The molecule has 0 atom stereocenters. The molecule has 0 radical (unpaired) electrons. The van der Waals surface area contributed by atoms with Crippen LogP contribution in [0.4, 0.5) is 4.79 Å². The van der Waals surface area contributed by atoms with Crippen LogP contribution < -0.4 is 5.32 Å². The van der Waals surface area contributed by atoms with E-state index in [0.717, 1.165) is 37.8 Å². The van der Waals surface area contributed by atoms with Crippen molar-refractivity contribution in [1.82, 2.24) is 10.2 Å². The Morgan fingerprint density at radius 3 is 2.30 bits per heavy atom. The van der Waals surface area contributed by atoms with E-state index < -0.39 is 0 Å². The second-order valence-corrected chi connectivity index (χ2v) is 8.15. The summed E-state index contributed by atoms with van der Waals surface area (Å²) < 4.78 is 4.99. The summed E-state index contributed by atoms with van der Waals surface area (Å²) in [5, 5.41) is 2.87. The summed E-state index contributed by atoms with van der Waals surface area (Å²) >= 11 is 0. The van der Waals surface area contributed by atoms with E-state index in [2.05, 4.69) is 10.2 Å². The van der Waals surface area contributed by atoms with Gasteiger partial charge in [-0.15, -0.1) is 0 Å². The van der Waals surface area contributed by atoms with Gasteiger partial charge in [0.2, 0.25) is 5.91 Å². The van der Waals surface area contributed by atoms with Crippen molar-refractivity contribution in [3.05, 3.63) is 0 Å². The molecule has 23 heavy (non-hydrogen) atoms. The first-order valence-corrected chi connectivity index (χ1v) is 9.39. The van der Waals surface area contributed by atoms with Crippen molar-refractivity contribution >= 4 is 12.0 Å². The molecule has 2 amide bonds. The number of carbonyl (C=O) groups is 2. The number of carbonyl (C=O) groups excluding carboxylic acids is 2. The molecule has 1 spiro atoms. The zero-order valence-electron chi connectivity index (χ0n) is 13.9. The normalized spacial score (nSPS) is 35.7. The summed E-state index contributed by atoms with van der Waals surface area (Å²) in [5.41, 5.74) is -0.238. The predicted octanol–water partition coefficient (Wildman–Crippen LogP) is 2.69. The van der Waals surface area contributed by atoms with E-state index in [1.165, 1.54) is 44.9 Å². The van der Waals surface area contributed by atoms with Crippen LogP contribution in [-0.4, -0.2) is 42.1 Å². The Morgan fingerprint density at radius 1 is 1.04 bits per heavy atom. The monoisotopic (exact) mass is 320 g/mol. The smallest absolute Gasteiger partial charge is 0.407 e. The topological polar surface area (TPSA) is 58.6 Å². The fourth-order valence-corrected chi connectivity index (χ4v) is 5.23. The van der Waals surface area contributed by atoms with E-state index in [-0.39, 0.29) is 17.6 Å². The fourth-order valence-electron chi connectivity index (χ4n) is 5.23. The van der Waals surface area contributed by atoms with E-state index in [0.29, 0.717) is 12.5 Å². The molecule has 5 nitrogen and oxygen atoms in total. The molecule has 0 aromatic rings. The maximum absolute atomic E-state index is 12.7. The number of nitrogens with one attached hydrogen (secondary N) is 1. The molecule has 2 saturated heterocycles. The lowest BCUT2D eigenvalue weighted by molar-refractivity contribution is -0.142. The van der Waals surface area contributed by atoms with Crippen LogP contribution in [0.5, 0.6) is 0 Å². The predicted molar refractivity (Wildman–Crippen MR) is 85.8 cm³/mol.